The molecule has 2 fully saturated rings. The fourth-order valence-electron chi connectivity index (χ4n) is 7.60. The zero-order valence-corrected chi connectivity index (χ0v) is 27.5. The van der Waals surface area contributed by atoms with Gasteiger partial charge in [0, 0.05) is 18.0 Å². The molecule has 2 saturated carbocycles. The maximum Gasteiger partial charge on any atom is 0.314 e. The number of ether oxygens (including phenoxy) is 1. The second-order valence-corrected chi connectivity index (χ2v) is 13.8. The first-order valence-electron chi connectivity index (χ1n) is 18.3. The Labute approximate surface area is 263 Å². The summed E-state index contributed by atoms with van der Waals surface area (Å²) in [5, 5.41) is 0. The third-order valence-corrected chi connectivity index (χ3v) is 10.5. The van der Waals surface area contributed by atoms with Crippen LogP contribution in [0.1, 0.15) is 154 Å². The van der Waals surface area contributed by atoms with Gasteiger partial charge in [0.15, 0.2) is 5.82 Å². The van der Waals surface area contributed by atoms with E-state index in [2.05, 4.69) is 23.8 Å². The zero-order valence-electron chi connectivity index (χ0n) is 27.5. The van der Waals surface area contributed by atoms with Crippen molar-refractivity contribution in [2.24, 2.45) is 23.7 Å². The second-order valence-electron chi connectivity index (χ2n) is 13.8. The van der Waals surface area contributed by atoms with E-state index in [1.807, 2.05) is 36.7 Å². The number of rotatable bonds is 18. The van der Waals surface area contributed by atoms with Crippen LogP contribution in [0.15, 0.2) is 36.7 Å². The van der Waals surface area contributed by atoms with Gasteiger partial charge in [0.25, 0.3) is 0 Å². The fourth-order valence-corrected chi connectivity index (χ4v) is 7.60. The Morgan fingerprint density at radius 3 is 1.81 bits per heavy atom. The van der Waals surface area contributed by atoms with Gasteiger partial charge in [-0.25, -0.2) is 9.97 Å². The predicted molar refractivity (Wildman–Crippen MR) is 179 cm³/mol. The van der Waals surface area contributed by atoms with Crippen LogP contribution >= 0.6 is 0 Å². The number of hydrogen-bond acceptors (Lipinski definition) is 4. The van der Waals surface area contributed by atoms with Crippen molar-refractivity contribution in [1.82, 2.24) is 9.97 Å². The molecule has 0 spiro atoms. The van der Waals surface area contributed by atoms with E-state index in [0.29, 0.717) is 5.75 Å². The minimum atomic E-state index is -0.0519. The third-order valence-electron chi connectivity index (χ3n) is 10.5. The van der Waals surface area contributed by atoms with Crippen molar-refractivity contribution in [2.75, 3.05) is 0 Å². The number of carbonyl (C=O) groups excluding carboxylic acids is 1. The van der Waals surface area contributed by atoms with E-state index >= 15 is 0 Å². The fraction of sp³-hybridized carbons (Fsp3) is 0.718. The Kier molecular flexibility index (Phi) is 15.0. The lowest BCUT2D eigenvalue weighted by Gasteiger charge is -2.37. The molecule has 2 aliphatic rings. The number of aromatic nitrogens is 2. The molecule has 4 heteroatoms. The Morgan fingerprint density at radius 1 is 0.674 bits per heavy atom. The lowest BCUT2D eigenvalue weighted by Crippen LogP contribution is -2.30. The van der Waals surface area contributed by atoms with Crippen molar-refractivity contribution in [3.05, 3.63) is 42.2 Å². The SMILES string of the molecule is CCCCCCCCCc1cnc(-c2ccc(OC(=O)C3CCC(C4CCC(CCCCCCC)CC4)CC3)cc2)nc1. The van der Waals surface area contributed by atoms with Crippen LogP contribution in [-0.2, 0) is 11.2 Å². The molecule has 0 radical (unpaired) electrons. The van der Waals surface area contributed by atoms with E-state index in [4.69, 9.17) is 4.74 Å². The van der Waals surface area contributed by atoms with Crippen LogP contribution in [0.3, 0.4) is 0 Å². The Morgan fingerprint density at radius 2 is 1.21 bits per heavy atom. The largest absolute Gasteiger partial charge is 0.426 e. The van der Waals surface area contributed by atoms with Gasteiger partial charge in [-0.1, -0.05) is 104 Å². The standard InChI is InChI=1S/C39H60N2O2/c1-3-5-7-9-10-12-14-16-32-29-40-38(41-30-32)35-25-27-37(28-26-35)43-39(42)36-23-21-34(22-24-36)33-19-17-31(18-20-33)15-13-11-8-6-4-2/h25-31,33-34,36H,3-24H2,1-2H3. The zero-order chi connectivity index (χ0) is 30.1. The van der Waals surface area contributed by atoms with Crippen LogP contribution in [0.2, 0.25) is 0 Å². The average Bonchev–Trinajstić information content (AvgIpc) is 3.05. The van der Waals surface area contributed by atoms with Gasteiger partial charge in [-0.15, -0.1) is 0 Å². The molecular weight excluding hydrogens is 528 g/mol. The second kappa shape index (κ2) is 19.2. The number of nitrogens with zero attached hydrogens (tertiary/aromatic N) is 2. The van der Waals surface area contributed by atoms with Gasteiger partial charge in [-0.3, -0.25) is 4.79 Å². The normalized spacial score (nSPS) is 22.4. The lowest BCUT2D eigenvalue weighted by molar-refractivity contribution is -0.140. The summed E-state index contributed by atoms with van der Waals surface area (Å²) in [5.41, 5.74) is 2.16. The van der Waals surface area contributed by atoms with E-state index < -0.39 is 0 Å². The van der Waals surface area contributed by atoms with Gasteiger partial charge < -0.3 is 4.74 Å². The Balaban J connectivity index is 1.12. The van der Waals surface area contributed by atoms with E-state index in [-0.39, 0.29) is 11.9 Å². The minimum Gasteiger partial charge on any atom is -0.426 e. The lowest BCUT2D eigenvalue weighted by atomic mass is 9.68. The molecule has 0 bridgehead atoms. The molecule has 0 amide bonds. The number of aryl methyl sites for hydroxylation is 1. The highest BCUT2D eigenvalue weighted by Gasteiger charge is 2.33. The van der Waals surface area contributed by atoms with Crippen molar-refractivity contribution in [2.45, 2.75) is 155 Å². The highest BCUT2D eigenvalue weighted by atomic mass is 16.5. The van der Waals surface area contributed by atoms with Gasteiger partial charge in [0.1, 0.15) is 5.75 Å². The molecule has 1 aromatic heterocycles. The number of esters is 1. The van der Waals surface area contributed by atoms with Gasteiger partial charge in [-0.2, -0.15) is 0 Å². The molecule has 0 N–H and O–H groups in total. The van der Waals surface area contributed by atoms with Crippen LogP contribution < -0.4 is 4.74 Å². The molecule has 238 valence electrons. The summed E-state index contributed by atoms with van der Waals surface area (Å²) in [6, 6.07) is 7.70. The number of benzene rings is 1. The molecular formula is C39H60N2O2. The van der Waals surface area contributed by atoms with Crippen molar-refractivity contribution in [3.63, 3.8) is 0 Å². The van der Waals surface area contributed by atoms with Gasteiger partial charge in [0.05, 0.1) is 5.92 Å². The first kappa shape index (κ1) is 33.7. The predicted octanol–water partition coefficient (Wildman–Crippen LogP) is 11.3. The van der Waals surface area contributed by atoms with E-state index in [0.717, 1.165) is 48.4 Å². The molecule has 4 rings (SSSR count). The summed E-state index contributed by atoms with van der Waals surface area (Å²) in [6.45, 7) is 4.56. The van der Waals surface area contributed by atoms with Crippen LogP contribution in [0.4, 0.5) is 0 Å². The summed E-state index contributed by atoms with van der Waals surface area (Å²) in [5.74, 6) is 4.01. The summed E-state index contributed by atoms with van der Waals surface area (Å²) in [7, 11) is 0. The molecule has 2 aromatic rings. The first-order valence-corrected chi connectivity index (χ1v) is 18.3. The topological polar surface area (TPSA) is 52.1 Å². The van der Waals surface area contributed by atoms with Crippen LogP contribution in [-0.4, -0.2) is 15.9 Å². The van der Waals surface area contributed by atoms with Gasteiger partial charge in [-0.05, 0) is 98.9 Å². The van der Waals surface area contributed by atoms with Crippen molar-refractivity contribution < 1.29 is 9.53 Å². The van der Waals surface area contributed by atoms with Crippen LogP contribution in [0.25, 0.3) is 11.4 Å². The van der Waals surface area contributed by atoms with Gasteiger partial charge >= 0.3 is 5.97 Å². The highest BCUT2D eigenvalue weighted by molar-refractivity contribution is 5.75. The monoisotopic (exact) mass is 588 g/mol. The number of hydrogen-bond donors (Lipinski definition) is 0. The van der Waals surface area contributed by atoms with Crippen molar-refractivity contribution >= 4 is 5.97 Å². The van der Waals surface area contributed by atoms with Crippen LogP contribution in [0, 0.1) is 23.7 Å². The van der Waals surface area contributed by atoms with Crippen molar-refractivity contribution in [1.29, 1.82) is 0 Å². The summed E-state index contributed by atoms with van der Waals surface area (Å²) in [4.78, 5) is 22.2. The molecule has 2 aliphatic carbocycles. The molecule has 0 unspecified atom stereocenters. The quantitative estimate of drug-likeness (QED) is 0.0987. The summed E-state index contributed by atoms with van der Waals surface area (Å²) < 4.78 is 5.83. The first-order chi connectivity index (χ1) is 21.2. The van der Waals surface area contributed by atoms with E-state index in [1.165, 1.54) is 128 Å². The molecule has 0 saturated heterocycles. The average molecular weight is 589 g/mol. The molecule has 4 nitrogen and oxygen atoms in total. The molecule has 0 aliphatic heterocycles. The minimum absolute atomic E-state index is 0.0441. The molecule has 1 aromatic carbocycles. The third kappa shape index (κ3) is 11.7. The van der Waals surface area contributed by atoms with E-state index in [9.17, 15) is 4.79 Å². The molecule has 43 heavy (non-hydrogen) atoms. The highest BCUT2D eigenvalue weighted by Crippen LogP contribution is 2.42. The summed E-state index contributed by atoms with van der Waals surface area (Å²) >= 11 is 0. The molecule has 0 atom stereocenters. The molecule has 1 heterocycles. The maximum absolute atomic E-state index is 13.0. The van der Waals surface area contributed by atoms with Crippen molar-refractivity contribution in [3.8, 4) is 17.1 Å². The Bertz CT molecular complexity index is 1020. The smallest absolute Gasteiger partial charge is 0.314 e. The number of carbonyl (C=O) groups is 1. The van der Waals surface area contributed by atoms with E-state index in [1.54, 1.807) is 0 Å². The maximum atomic E-state index is 13.0. The Hall–Kier alpha value is -2.23. The van der Waals surface area contributed by atoms with Gasteiger partial charge in [0.2, 0.25) is 0 Å². The summed E-state index contributed by atoms with van der Waals surface area (Å²) in [6.07, 6.45) is 32.7. The number of unbranched alkanes of at least 4 members (excludes halogenated alkanes) is 10. The van der Waals surface area contributed by atoms with Crippen LogP contribution in [0.5, 0.6) is 5.75 Å².